The first-order valence-electron chi connectivity index (χ1n) is 7.03. The molecule has 0 aliphatic carbocycles. The lowest BCUT2D eigenvalue weighted by atomic mass is 10.2. The van der Waals surface area contributed by atoms with Crippen LogP contribution in [-0.4, -0.2) is 56.0 Å². The molecule has 0 aromatic heterocycles. The summed E-state index contributed by atoms with van der Waals surface area (Å²) < 4.78 is 28.8. The molecule has 0 N–H and O–H groups in total. The summed E-state index contributed by atoms with van der Waals surface area (Å²) in [6.45, 7) is -0.144. The van der Waals surface area contributed by atoms with E-state index in [1.54, 1.807) is 23.1 Å². The second kappa shape index (κ2) is 6.84. The monoisotopic (exact) mass is 408 g/mol. The molecule has 0 spiro atoms. The second-order valence-corrected chi connectivity index (χ2v) is 9.61. The van der Waals surface area contributed by atoms with Crippen molar-refractivity contribution < 1.29 is 17.9 Å². The largest absolute Gasteiger partial charge is 0.375 e. The normalized spacial score (nSPS) is 26.8. The molecule has 3 rings (SSSR count). The number of methoxy groups -OCH3 is 1. The van der Waals surface area contributed by atoms with Crippen molar-refractivity contribution in [2.45, 2.75) is 11.3 Å². The predicted molar refractivity (Wildman–Crippen MR) is 97.1 cm³/mol. The van der Waals surface area contributed by atoms with Crippen LogP contribution in [0.4, 0.5) is 5.69 Å². The Balaban J connectivity index is 2.05. The highest BCUT2D eigenvalue weighted by Crippen LogP contribution is 2.44. The lowest BCUT2D eigenvalue weighted by Gasteiger charge is -2.25. The Morgan fingerprint density at radius 2 is 2.17 bits per heavy atom. The molecule has 2 atom stereocenters. The maximum atomic E-state index is 12.0. The molecule has 6 nitrogen and oxygen atoms in total. The average molecular weight is 409 g/mol. The van der Waals surface area contributed by atoms with Crippen molar-refractivity contribution in [3.05, 3.63) is 28.2 Å². The molecule has 10 heteroatoms. The zero-order chi connectivity index (χ0) is 17.5. The fourth-order valence-electron chi connectivity index (χ4n) is 2.79. The SMILES string of the molecule is COCC(=O)N=C1S[C@H]2CS(=O)(=O)C[C@H]2N1c1cccc(Cl)c1Cl. The number of thioether (sulfide) groups is 1. The summed E-state index contributed by atoms with van der Waals surface area (Å²) in [6.07, 6.45) is 0. The minimum Gasteiger partial charge on any atom is -0.375 e. The van der Waals surface area contributed by atoms with Crippen LogP contribution in [-0.2, 0) is 19.4 Å². The maximum absolute atomic E-state index is 12.0. The number of carbonyl (C=O) groups excluding carboxylic acids is 1. The van der Waals surface area contributed by atoms with Gasteiger partial charge >= 0.3 is 0 Å². The van der Waals surface area contributed by atoms with E-state index in [1.807, 2.05) is 0 Å². The molecule has 2 aliphatic heterocycles. The van der Waals surface area contributed by atoms with Crippen LogP contribution in [0.15, 0.2) is 23.2 Å². The summed E-state index contributed by atoms with van der Waals surface area (Å²) in [5.41, 5.74) is 0.547. The molecule has 1 amide bonds. The van der Waals surface area contributed by atoms with Crippen LogP contribution in [0.25, 0.3) is 0 Å². The van der Waals surface area contributed by atoms with Gasteiger partial charge in [0.15, 0.2) is 15.0 Å². The molecular weight excluding hydrogens is 395 g/mol. The number of aliphatic imine (C=N–C) groups is 1. The topological polar surface area (TPSA) is 76.0 Å². The molecule has 2 heterocycles. The van der Waals surface area contributed by atoms with Gasteiger partial charge < -0.3 is 9.64 Å². The number of fused-ring (bicyclic) bond motifs is 1. The van der Waals surface area contributed by atoms with Crippen molar-refractivity contribution >= 4 is 61.6 Å². The van der Waals surface area contributed by atoms with Gasteiger partial charge in [-0.05, 0) is 12.1 Å². The van der Waals surface area contributed by atoms with Crippen molar-refractivity contribution in [2.24, 2.45) is 4.99 Å². The van der Waals surface area contributed by atoms with E-state index in [2.05, 4.69) is 4.99 Å². The number of sulfone groups is 1. The second-order valence-electron chi connectivity index (χ2n) is 5.46. The number of hydrogen-bond donors (Lipinski definition) is 0. The van der Waals surface area contributed by atoms with Gasteiger partial charge in [0, 0.05) is 12.4 Å². The average Bonchev–Trinajstić information content (AvgIpc) is 2.94. The van der Waals surface area contributed by atoms with Crippen molar-refractivity contribution in [3.63, 3.8) is 0 Å². The van der Waals surface area contributed by atoms with E-state index in [-0.39, 0.29) is 29.4 Å². The zero-order valence-electron chi connectivity index (χ0n) is 12.6. The molecule has 0 bridgehead atoms. The fraction of sp³-hybridized carbons (Fsp3) is 0.429. The molecular formula is C14H14Cl2N2O4S2. The Morgan fingerprint density at radius 1 is 1.42 bits per heavy atom. The van der Waals surface area contributed by atoms with Crippen LogP contribution in [0.2, 0.25) is 10.0 Å². The predicted octanol–water partition coefficient (Wildman–Crippen LogP) is 2.24. The van der Waals surface area contributed by atoms with E-state index >= 15 is 0 Å². The zero-order valence-corrected chi connectivity index (χ0v) is 15.8. The Morgan fingerprint density at radius 3 is 2.88 bits per heavy atom. The smallest absolute Gasteiger partial charge is 0.274 e. The third-order valence-corrected chi connectivity index (χ3v) is 7.76. The van der Waals surface area contributed by atoms with Crippen LogP contribution < -0.4 is 4.90 Å². The van der Waals surface area contributed by atoms with E-state index in [9.17, 15) is 13.2 Å². The maximum Gasteiger partial charge on any atom is 0.274 e. The van der Waals surface area contributed by atoms with E-state index < -0.39 is 15.7 Å². The minimum absolute atomic E-state index is 0.00893. The highest BCUT2D eigenvalue weighted by Gasteiger charge is 2.49. The Bertz CT molecular complexity index is 813. The first kappa shape index (κ1) is 18.0. The summed E-state index contributed by atoms with van der Waals surface area (Å²) >= 11 is 13.7. The molecule has 2 aliphatic rings. The number of rotatable bonds is 3. The Labute approximate surface area is 154 Å². The van der Waals surface area contributed by atoms with Gasteiger partial charge in [-0.2, -0.15) is 4.99 Å². The van der Waals surface area contributed by atoms with E-state index in [0.29, 0.717) is 20.9 Å². The number of amides is 1. The van der Waals surface area contributed by atoms with Crippen LogP contribution in [0, 0.1) is 0 Å². The summed E-state index contributed by atoms with van der Waals surface area (Å²) in [6, 6.07) is 4.77. The molecule has 24 heavy (non-hydrogen) atoms. The molecule has 2 saturated heterocycles. The van der Waals surface area contributed by atoms with Crippen LogP contribution >= 0.6 is 35.0 Å². The number of nitrogens with zero attached hydrogens (tertiary/aromatic N) is 2. The van der Waals surface area contributed by atoms with Crippen molar-refractivity contribution in [3.8, 4) is 0 Å². The van der Waals surface area contributed by atoms with Gasteiger partial charge in [0.25, 0.3) is 5.91 Å². The van der Waals surface area contributed by atoms with Gasteiger partial charge in [0.05, 0.1) is 33.3 Å². The number of benzene rings is 1. The molecule has 1 aromatic rings. The Hall–Kier alpha value is -0.800. The first-order valence-corrected chi connectivity index (χ1v) is 10.5. The van der Waals surface area contributed by atoms with E-state index in [0.717, 1.165) is 0 Å². The summed E-state index contributed by atoms with van der Waals surface area (Å²) in [7, 11) is -1.73. The van der Waals surface area contributed by atoms with Crippen LogP contribution in [0.1, 0.15) is 0 Å². The number of ether oxygens (including phenoxy) is 1. The number of anilines is 1. The molecule has 0 saturated carbocycles. The van der Waals surface area contributed by atoms with Crippen LogP contribution in [0.5, 0.6) is 0 Å². The van der Waals surface area contributed by atoms with Crippen molar-refractivity contribution in [2.75, 3.05) is 30.1 Å². The molecule has 130 valence electrons. The third kappa shape index (κ3) is 3.43. The summed E-state index contributed by atoms with van der Waals surface area (Å²) in [4.78, 5) is 17.6. The number of hydrogen-bond acceptors (Lipinski definition) is 5. The fourth-order valence-corrected chi connectivity index (χ4v) is 7.10. The summed E-state index contributed by atoms with van der Waals surface area (Å²) in [5, 5.41) is 0.882. The Kier molecular flexibility index (Phi) is 5.13. The lowest BCUT2D eigenvalue weighted by molar-refractivity contribution is -0.121. The van der Waals surface area contributed by atoms with Gasteiger partial charge in [0.1, 0.15) is 6.61 Å². The number of halogens is 2. The highest BCUT2D eigenvalue weighted by molar-refractivity contribution is 8.16. The first-order chi connectivity index (χ1) is 11.3. The minimum atomic E-state index is -3.13. The molecule has 2 fully saturated rings. The van der Waals surface area contributed by atoms with E-state index in [1.165, 1.54) is 18.9 Å². The molecule has 1 aromatic carbocycles. The standard InChI is InChI=1S/C14H14Cl2N2O4S2/c1-22-5-12(19)17-14-18(9-4-2-3-8(15)13(9)16)10-6-24(20,21)7-11(10)23-14/h2-4,10-11H,5-7H2,1H3/t10-,11+/m1/s1. The van der Waals surface area contributed by atoms with Gasteiger partial charge in [-0.1, -0.05) is 41.0 Å². The molecule has 0 unspecified atom stereocenters. The van der Waals surface area contributed by atoms with Gasteiger partial charge in [-0.15, -0.1) is 0 Å². The van der Waals surface area contributed by atoms with E-state index in [4.69, 9.17) is 27.9 Å². The molecule has 0 radical (unpaired) electrons. The van der Waals surface area contributed by atoms with Crippen LogP contribution in [0.3, 0.4) is 0 Å². The third-order valence-electron chi connectivity index (χ3n) is 3.75. The quantitative estimate of drug-likeness (QED) is 0.762. The number of amidine groups is 1. The van der Waals surface area contributed by atoms with Crippen molar-refractivity contribution in [1.29, 1.82) is 0 Å². The van der Waals surface area contributed by atoms with Gasteiger partial charge in [0.2, 0.25) is 0 Å². The summed E-state index contributed by atoms with van der Waals surface area (Å²) in [5.74, 6) is -0.398. The van der Waals surface area contributed by atoms with Gasteiger partial charge in [-0.3, -0.25) is 4.79 Å². The van der Waals surface area contributed by atoms with Gasteiger partial charge in [-0.25, -0.2) is 8.42 Å². The highest BCUT2D eigenvalue weighted by atomic mass is 35.5. The lowest BCUT2D eigenvalue weighted by Crippen LogP contribution is -2.38. The number of carbonyl (C=O) groups is 1. The van der Waals surface area contributed by atoms with Crippen molar-refractivity contribution in [1.82, 2.24) is 0 Å².